The largest absolute Gasteiger partial charge is 0.338 e. The summed E-state index contributed by atoms with van der Waals surface area (Å²) in [5.41, 5.74) is 0. The molecule has 0 spiro atoms. The third kappa shape index (κ3) is 1.24. The van der Waals surface area contributed by atoms with E-state index in [9.17, 15) is 9.18 Å². The van der Waals surface area contributed by atoms with Crippen molar-refractivity contribution in [3.8, 4) is 0 Å². The van der Waals surface area contributed by atoms with Gasteiger partial charge in [0.05, 0.1) is 5.92 Å². The quantitative estimate of drug-likeness (QED) is 0.651. The molecule has 0 aromatic carbocycles. The summed E-state index contributed by atoms with van der Waals surface area (Å²) in [6, 6.07) is 0.342. The van der Waals surface area contributed by atoms with E-state index in [0.717, 1.165) is 26.1 Å². The average Bonchev–Trinajstić information content (AvgIpc) is 2.84. The van der Waals surface area contributed by atoms with Crippen LogP contribution in [0.1, 0.15) is 12.8 Å². The van der Waals surface area contributed by atoms with Crippen LogP contribution < -0.4 is 5.32 Å². The molecule has 3 rings (SSSR count). The second kappa shape index (κ2) is 2.92. The lowest BCUT2D eigenvalue weighted by molar-refractivity contribution is -0.133. The zero-order chi connectivity index (χ0) is 9.71. The van der Waals surface area contributed by atoms with E-state index in [1.54, 1.807) is 0 Å². The zero-order valence-corrected chi connectivity index (χ0v) is 8.08. The number of fused-ring (bicyclic) bond motifs is 2. The fourth-order valence-corrected chi connectivity index (χ4v) is 2.71. The van der Waals surface area contributed by atoms with Crippen LogP contribution in [-0.2, 0) is 4.79 Å². The smallest absolute Gasteiger partial charge is 0.229 e. The van der Waals surface area contributed by atoms with Crippen LogP contribution in [0.25, 0.3) is 0 Å². The lowest BCUT2D eigenvalue weighted by atomic mass is 10.0. The van der Waals surface area contributed by atoms with Crippen LogP contribution in [0, 0.1) is 11.8 Å². The normalized spacial score (nSPS) is 45.4. The summed E-state index contributed by atoms with van der Waals surface area (Å²) < 4.78 is 12.8. The molecule has 14 heavy (non-hydrogen) atoms. The highest BCUT2D eigenvalue weighted by molar-refractivity contribution is 5.82. The van der Waals surface area contributed by atoms with E-state index in [4.69, 9.17) is 0 Å². The van der Waals surface area contributed by atoms with Crippen molar-refractivity contribution in [3.05, 3.63) is 0 Å². The summed E-state index contributed by atoms with van der Waals surface area (Å²) in [7, 11) is 0. The van der Waals surface area contributed by atoms with Gasteiger partial charge in [-0.1, -0.05) is 0 Å². The number of nitrogens with one attached hydrogen (secondary N) is 1. The number of carbonyl (C=O) groups excluding carboxylic acids is 1. The van der Waals surface area contributed by atoms with Crippen molar-refractivity contribution in [2.24, 2.45) is 11.8 Å². The molecule has 2 bridgehead atoms. The van der Waals surface area contributed by atoms with Crippen molar-refractivity contribution in [2.45, 2.75) is 25.1 Å². The van der Waals surface area contributed by atoms with E-state index in [-0.39, 0.29) is 11.8 Å². The highest BCUT2D eigenvalue weighted by Crippen LogP contribution is 2.38. The van der Waals surface area contributed by atoms with E-state index >= 15 is 0 Å². The third-order valence-electron chi connectivity index (χ3n) is 3.63. The van der Waals surface area contributed by atoms with Gasteiger partial charge in [0.15, 0.2) is 0 Å². The monoisotopic (exact) mass is 198 g/mol. The Kier molecular flexibility index (Phi) is 1.81. The molecule has 1 unspecified atom stereocenters. The maximum Gasteiger partial charge on any atom is 0.229 e. The van der Waals surface area contributed by atoms with Gasteiger partial charge in [0.25, 0.3) is 0 Å². The maximum atomic E-state index is 12.8. The Labute approximate surface area is 82.6 Å². The van der Waals surface area contributed by atoms with Gasteiger partial charge in [0, 0.05) is 19.1 Å². The zero-order valence-electron chi connectivity index (χ0n) is 8.08. The number of carbonyl (C=O) groups is 1. The highest BCUT2D eigenvalue weighted by atomic mass is 19.1. The Bertz CT molecular complexity index is 271. The van der Waals surface area contributed by atoms with Gasteiger partial charge in [-0.2, -0.15) is 0 Å². The van der Waals surface area contributed by atoms with Crippen LogP contribution >= 0.6 is 0 Å². The molecule has 3 nitrogen and oxygen atoms in total. The summed E-state index contributed by atoms with van der Waals surface area (Å²) in [5.74, 6) is 0.373. The second-order valence-corrected chi connectivity index (χ2v) is 4.76. The van der Waals surface area contributed by atoms with Gasteiger partial charge >= 0.3 is 0 Å². The lowest BCUT2D eigenvalue weighted by Crippen LogP contribution is -2.42. The van der Waals surface area contributed by atoms with Crippen molar-refractivity contribution in [1.82, 2.24) is 10.2 Å². The lowest BCUT2D eigenvalue weighted by Gasteiger charge is -2.24. The number of piperidine rings is 1. The van der Waals surface area contributed by atoms with Crippen LogP contribution in [0.15, 0.2) is 0 Å². The minimum Gasteiger partial charge on any atom is -0.338 e. The van der Waals surface area contributed by atoms with Crippen molar-refractivity contribution in [2.75, 3.05) is 19.6 Å². The molecular formula is C10H15FN2O. The SMILES string of the molecule is O=C([C@@H]1C[C@@H]1F)N1C[C@H]2CNCC1C2. The van der Waals surface area contributed by atoms with Crippen molar-refractivity contribution in [1.29, 1.82) is 0 Å². The van der Waals surface area contributed by atoms with Crippen LogP contribution in [0.3, 0.4) is 0 Å². The van der Waals surface area contributed by atoms with Crippen LogP contribution in [0.2, 0.25) is 0 Å². The number of nitrogens with zero attached hydrogens (tertiary/aromatic N) is 1. The molecule has 2 aliphatic heterocycles. The molecule has 2 saturated heterocycles. The van der Waals surface area contributed by atoms with Crippen molar-refractivity contribution < 1.29 is 9.18 Å². The predicted octanol–water partition coefficient (Wildman–Crippen LogP) is 0.165. The number of amides is 1. The first kappa shape index (κ1) is 8.65. The van der Waals surface area contributed by atoms with Gasteiger partial charge in [0.2, 0.25) is 5.91 Å². The molecule has 1 N–H and O–H groups in total. The van der Waals surface area contributed by atoms with Gasteiger partial charge < -0.3 is 10.2 Å². The summed E-state index contributed by atoms with van der Waals surface area (Å²) in [6.45, 7) is 2.76. The topological polar surface area (TPSA) is 32.3 Å². The van der Waals surface area contributed by atoms with Gasteiger partial charge in [-0.3, -0.25) is 4.79 Å². The summed E-state index contributed by atoms with van der Waals surface area (Å²) in [6.07, 6.45) is 0.721. The van der Waals surface area contributed by atoms with Gasteiger partial charge in [-0.05, 0) is 25.3 Å². The fraction of sp³-hybridized carbons (Fsp3) is 0.900. The van der Waals surface area contributed by atoms with Crippen LogP contribution in [0.5, 0.6) is 0 Å². The summed E-state index contributed by atoms with van der Waals surface area (Å²) in [5, 5.41) is 3.31. The minimum absolute atomic E-state index is 0.0636. The molecule has 4 atom stereocenters. The first-order valence-electron chi connectivity index (χ1n) is 5.41. The third-order valence-corrected chi connectivity index (χ3v) is 3.63. The van der Waals surface area contributed by atoms with E-state index < -0.39 is 6.17 Å². The minimum atomic E-state index is -0.851. The fourth-order valence-electron chi connectivity index (χ4n) is 2.71. The number of likely N-dealkylation sites (tertiary alicyclic amines) is 1. The Hall–Kier alpha value is -0.640. The number of hydrogen-bond donors (Lipinski definition) is 1. The first-order chi connectivity index (χ1) is 6.75. The average molecular weight is 198 g/mol. The molecule has 0 aromatic heterocycles. The number of halogens is 1. The number of hydrogen-bond acceptors (Lipinski definition) is 2. The highest BCUT2D eigenvalue weighted by Gasteiger charge is 2.49. The maximum absolute atomic E-state index is 12.8. The number of alkyl halides is 1. The Morgan fingerprint density at radius 2 is 2.14 bits per heavy atom. The van der Waals surface area contributed by atoms with Crippen LogP contribution in [-0.4, -0.2) is 42.7 Å². The van der Waals surface area contributed by atoms with Gasteiger partial charge in [-0.15, -0.1) is 0 Å². The van der Waals surface area contributed by atoms with E-state index in [1.807, 2.05) is 4.90 Å². The summed E-state index contributed by atoms with van der Waals surface area (Å²) >= 11 is 0. The Morgan fingerprint density at radius 1 is 1.36 bits per heavy atom. The van der Waals surface area contributed by atoms with E-state index in [0.29, 0.717) is 18.4 Å². The molecular weight excluding hydrogens is 183 g/mol. The molecule has 78 valence electrons. The molecule has 1 amide bonds. The summed E-state index contributed by atoms with van der Waals surface area (Å²) in [4.78, 5) is 13.7. The van der Waals surface area contributed by atoms with E-state index in [1.165, 1.54) is 0 Å². The molecule has 3 aliphatic rings. The van der Waals surface area contributed by atoms with Crippen LogP contribution in [0.4, 0.5) is 4.39 Å². The molecule has 3 fully saturated rings. The number of rotatable bonds is 1. The predicted molar refractivity (Wildman–Crippen MR) is 49.5 cm³/mol. The van der Waals surface area contributed by atoms with Crippen molar-refractivity contribution in [3.63, 3.8) is 0 Å². The van der Waals surface area contributed by atoms with Crippen molar-refractivity contribution >= 4 is 5.91 Å². The molecule has 0 aromatic rings. The standard InChI is InChI=1S/C10H15FN2O/c11-9-2-8(9)10(14)13-5-6-1-7(13)4-12-3-6/h6-9,12H,1-5H2/t6-,7?,8-,9+/m1/s1. The molecule has 4 heteroatoms. The molecule has 0 radical (unpaired) electrons. The molecule has 1 aliphatic carbocycles. The molecule has 2 heterocycles. The van der Waals surface area contributed by atoms with Gasteiger partial charge in [-0.25, -0.2) is 4.39 Å². The Morgan fingerprint density at radius 3 is 2.79 bits per heavy atom. The molecule has 1 saturated carbocycles. The second-order valence-electron chi connectivity index (χ2n) is 4.76. The van der Waals surface area contributed by atoms with Gasteiger partial charge in [0.1, 0.15) is 6.17 Å². The van der Waals surface area contributed by atoms with E-state index in [2.05, 4.69) is 5.32 Å². The first-order valence-corrected chi connectivity index (χ1v) is 5.41. The Balaban J connectivity index is 1.70.